The number of nitrogens with zero attached hydrogens (tertiary/aromatic N) is 3. The van der Waals surface area contributed by atoms with Crippen molar-refractivity contribution in [1.82, 2.24) is 15.5 Å². The Labute approximate surface area is 207 Å². The Bertz CT molecular complexity index is 1450. The largest absolute Gasteiger partial charge is 0.497 e. The summed E-state index contributed by atoms with van der Waals surface area (Å²) >= 11 is 0. The zero-order valence-corrected chi connectivity index (χ0v) is 19.9. The molecule has 1 aliphatic rings. The summed E-state index contributed by atoms with van der Waals surface area (Å²) in [6.45, 7) is 1.79. The molecule has 1 aromatic heterocycles. The van der Waals surface area contributed by atoms with Gasteiger partial charge in [0, 0.05) is 11.3 Å². The highest BCUT2D eigenvalue weighted by atomic mass is 19.1. The van der Waals surface area contributed by atoms with Gasteiger partial charge in [-0.1, -0.05) is 29.4 Å². The molecule has 0 aliphatic carbocycles. The van der Waals surface area contributed by atoms with Gasteiger partial charge in [0.15, 0.2) is 0 Å². The molecule has 4 aromatic rings. The molecular formula is C27H23FN4O4. The van der Waals surface area contributed by atoms with Crippen LogP contribution in [0.5, 0.6) is 11.5 Å². The number of hydrogen-bond acceptors (Lipinski definition) is 6. The van der Waals surface area contributed by atoms with Crippen molar-refractivity contribution in [2.75, 3.05) is 19.1 Å². The number of aromatic nitrogens is 2. The summed E-state index contributed by atoms with van der Waals surface area (Å²) < 4.78 is 30.4. The number of hydrogen-bond donors (Lipinski definition) is 1. The van der Waals surface area contributed by atoms with Crippen molar-refractivity contribution in [1.29, 1.82) is 0 Å². The molecule has 1 aliphatic heterocycles. The predicted octanol–water partition coefficient (Wildman–Crippen LogP) is 5.60. The molecule has 0 spiro atoms. The first-order valence-electron chi connectivity index (χ1n) is 11.2. The summed E-state index contributed by atoms with van der Waals surface area (Å²) in [6, 6.07) is 19.3. The van der Waals surface area contributed by atoms with Crippen LogP contribution in [0.15, 0.2) is 83.0 Å². The second kappa shape index (κ2) is 9.53. The highest BCUT2D eigenvalue weighted by Crippen LogP contribution is 2.39. The fourth-order valence-corrected chi connectivity index (χ4v) is 4.21. The molecule has 0 fully saturated rings. The minimum absolute atomic E-state index is 0.207. The molecular weight excluding hydrogens is 463 g/mol. The second-order valence-corrected chi connectivity index (χ2v) is 8.13. The van der Waals surface area contributed by atoms with Crippen molar-refractivity contribution in [3.05, 3.63) is 95.8 Å². The Balaban J connectivity index is 1.64. The summed E-state index contributed by atoms with van der Waals surface area (Å²) in [4.78, 5) is 19.4. The highest BCUT2D eigenvalue weighted by molar-refractivity contribution is 6.01. The van der Waals surface area contributed by atoms with E-state index in [0.29, 0.717) is 45.4 Å². The second-order valence-electron chi connectivity index (χ2n) is 8.13. The average molecular weight is 487 g/mol. The Kier molecular flexibility index (Phi) is 6.12. The number of halogens is 1. The third kappa shape index (κ3) is 4.26. The first-order valence-corrected chi connectivity index (χ1v) is 11.2. The summed E-state index contributed by atoms with van der Waals surface area (Å²) in [5.74, 6) is 1.46. The van der Waals surface area contributed by atoms with Crippen LogP contribution in [0, 0.1) is 5.82 Å². The minimum Gasteiger partial charge on any atom is -0.497 e. The molecule has 182 valence electrons. The van der Waals surface area contributed by atoms with Crippen LogP contribution in [0.1, 0.15) is 24.4 Å². The molecule has 2 amide bonds. The molecule has 5 rings (SSSR count). The smallest absolute Gasteiger partial charge is 0.326 e. The minimum atomic E-state index is -0.707. The van der Waals surface area contributed by atoms with E-state index in [-0.39, 0.29) is 11.9 Å². The number of amides is 2. The van der Waals surface area contributed by atoms with E-state index in [9.17, 15) is 9.18 Å². The van der Waals surface area contributed by atoms with E-state index in [1.807, 2.05) is 18.2 Å². The van der Waals surface area contributed by atoms with Gasteiger partial charge in [-0.3, -0.25) is 4.90 Å². The third-order valence-corrected chi connectivity index (χ3v) is 5.98. The lowest BCUT2D eigenvalue weighted by Crippen LogP contribution is -2.46. The molecule has 3 aromatic carbocycles. The zero-order chi connectivity index (χ0) is 25.2. The van der Waals surface area contributed by atoms with Crippen LogP contribution in [0.25, 0.3) is 17.0 Å². The number of ether oxygens (including phenoxy) is 2. The molecule has 0 saturated carbocycles. The van der Waals surface area contributed by atoms with E-state index in [1.54, 1.807) is 63.6 Å². The Morgan fingerprint density at radius 3 is 2.44 bits per heavy atom. The van der Waals surface area contributed by atoms with Crippen LogP contribution in [0.4, 0.5) is 14.9 Å². The van der Waals surface area contributed by atoms with Crippen molar-refractivity contribution >= 4 is 17.3 Å². The van der Waals surface area contributed by atoms with Crippen LogP contribution >= 0.6 is 0 Å². The molecule has 1 atom stereocenters. The van der Waals surface area contributed by atoms with E-state index >= 15 is 0 Å². The SMILES string of the molecule is COc1ccc(N2C(=O)NC(c3cccc(F)c3)C(c3nc(-c4cccc(OC)c4)no3)=C2C)cc1. The summed E-state index contributed by atoms with van der Waals surface area (Å²) in [6.07, 6.45) is 0. The number of carbonyl (C=O) groups is 1. The van der Waals surface area contributed by atoms with E-state index in [2.05, 4.69) is 15.5 Å². The van der Waals surface area contributed by atoms with E-state index in [0.717, 1.165) is 0 Å². The Hall–Kier alpha value is -4.66. The molecule has 2 heterocycles. The predicted molar refractivity (Wildman–Crippen MR) is 132 cm³/mol. The molecule has 0 radical (unpaired) electrons. The molecule has 1 N–H and O–H groups in total. The molecule has 0 bridgehead atoms. The van der Waals surface area contributed by atoms with Crippen molar-refractivity contribution < 1.29 is 23.2 Å². The van der Waals surface area contributed by atoms with Gasteiger partial charge in [0.2, 0.25) is 5.82 Å². The number of methoxy groups -OCH3 is 2. The zero-order valence-electron chi connectivity index (χ0n) is 19.9. The fourth-order valence-electron chi connectivity index (χ4n) is 4.21. The summed E-state index contributed by atoms with van der Waals surface area (Å²) in [5, 5.41) is 7.13. The fraction of sp³-hybridized carbons (Fsp3) is 0.148. The number of nitrogens with one attached hydrogen (secondary N) is 1. The maximum atomic E-state index is 14.1. The van der Waals surface area contributed by atoms with Gasteiger partial charge in [-0.15, -0.1) is 0 Å². The van der Waals surface area contributed by atoms with Crippen molar-refractivity contribution in [2.45, 2.75) is 13.0 Å². The van der Waals surface area contributed by atoms with Crippen LogP contribution < -0.4 is 19.7 Å². The van der Waals surface area contributed by atoms with Gasteiger partial charge in [0.1, 0.15) is 17.3 Å². The number of anilines is 1. The van der Waals surface area contributed by atoms with E-state index < -0.39 is 11.9 Å². The lowest BCUT2D eigenvalue weighted by molar-refractivity contribution is 0.244. The summed E-state index contributed by atoms with van der Waals surface area (Å²) in [5.41, 5.74) is 3.00. The Morgan fingerprint density at radius 2 is 1.72 bits per heavy atom. The van der Waals surface area contributed by atoms with Gasteiger partial charge in [0.25, 0.3) is 5.89 Å². The van der Waals surface area contributed by atoms with Gasteiger partial charge >= 0.3 is 6.03 Å². The van der Waals surface area contributed by atoms with Gasteiger partial charge < -0.3 is 19.3 Å². The molecule has 8 nitrogen and oxygen atoms in total. The number of carbonyl (C=O) groups excluding carboxylic acids is 1. The topological polar surface area (TPSA) is 89.7 Å². The Morgan fingerprint density at radius 1 is 0.972 bits per heavy atom. The van der Waals surface area contributed by atoms with Gasteiger partial charge in [0.05, 0.1) is 31.5 Å². The number of allylic oxidation sites excluding steroid dienone is 1. The van der Waals surface area contributed by atoms with Gasteiger partial charge in [-0.05, 0) is 61.0 Å². The van der Waals surface area contributed by atoms with Gasteiger partial charge in [-0.25, -0.2) is 9.18 Å². The van der Waals surface area contributed by atoms with Crippen molar-refractivity contribution in [3.8, 4) is 22.9 Å². The third-order valence-electron chi connectivity index (χ3n) is 5.98. The van der Waals surface area contributed by atoms with E-state index in [1.165, 1.54) is 17.0 Å². The lowest BCUT2D eigenvalue weighted by Gasteiger charge is -2.35. The normalized spacial score (nSPS) is 15.6. The number of rotatable bonds is 6. The standard InChI is InChI=1S/C27H23FN4O4/c1-16-23(26-30-25(31-36-26)18-7-5-9-22(15-18)35-3)24(17-6-4-8-19(28)14-17)29-27(33)32(16)20-10-12-21(34-2)13-11-20/h4-15,24H,1-3H3,(H,29,33). The van der Waals surface area contributed by atoms with Crippen LogP contribution in [0.3, 0.4) is 0 Å². The molecule has 36 heavy (non-hydrogen) atoms. The first-order chi connectivity index (χ1) is 17.5. The summed E-state index contributed by atoms with van der Waals surface area (Å²) in [7, 11) is 3.15. The van der Waals surface area contributed by atoms with Crippen molar-refractivity contribution in [2.24, 2.45) is 0 Å². The molecule has 1 unspecified atom stereocenters. The highest BCUT2D eigenvalue weighted by Gasteiger charge is 2.36. The first kappa shape index (κ1) is 23.1. The number of urea groups is 1. The molecule has 0 saturated heterocycles. The monoisotopic (exact) mass is 486 g/mol. The van der Waals surface area contributed by atoms with Crippen LogP contribution in [-0.2, 0) is 0 Å². The van der Waals surface area contributed by atoms with Crippen molar-refractivity contribution in [3.63, 3.8) is 0 Å². The lowest BCUT2D eigenvalue weighted by atomic mass is 9.94. The van der Waals surface area contributed by atoms with Gasteiger partial charge in [-0.2, -0.15) is 4.98 Å². The average Bonchev–Trinajstić information content (AvgIpc) is 3.38. The maximum absolute atomic E-state index is 14.1. The maximum Gasteiger partial charge on any atom is 0.326 e. The molecule has 9 heteroatoms. The number of benzene rings is 3. The van der Waals surface area contributed by atoms with E-state index in [4.69, 9.17) is 14.0 Å². The van der Waals surface area contributed by atoms with Crippen LogP contribution in [0.2, 0.25) is 0 Å². The van der Waals surface area contributed by atoms with Crippen LogP contribution in [-0.4, -0.2) is 30.4 Å². The quantitative estimate of drug-likeness (QED) is 0.382.